The Morgan fingerprint density at radius 2 is 1.04 bits per heavy atom. The van der Waals surface area contributed by atoms with E-state index in [1.807, 2.05) is 86.5 Å². The second kappa shape index (κ2) is 9.32. The number of hydrogen-bond acceptors (Lipinski definition) is 6. The van der Waals surface area contributed by atoms with E-state index < -0.39 is 0 Å². The van der Waals surface area contributed by atoms with Crippen LogP contribution in [0.15, 0.2) is 58.8 Å². The van der Waals surface area contributed by atoms with Crippen molar-refractivity contribution in [2.24, 2.45) is 10.3 Å². The number of oxime groups is 2. The van der Waals surface area contributed by atoms with E-state index >= 15 is 0 Å². The van der Waals surface area contributed by atoms with E-state index in [4.69, 9.17) is 9.68 Å². The van der Waals surface area contributed by atoms with Crippen molar-refractivity contribution in [2.45, 2.75) is 0 Å². The van der Waals surface area contributed by atoms with Gasteiger partial charge in [-0.2, -0.15) is 0 Å². The summed E-state index contributed by atoms with van der Waals surface area (Å²) in [5.41, 5.74) is 4.17. The zero-order chi connectivity index (χ0) is 18.1. The summed E-state index contributed by atoms with van der Waals surface area (Å²) in [5, 5.41) is 7.70. The topological polar surface area (TPSA) is 49.7 Å². The average molecular weight is 340 g/mol. The fraction of sp³-hybridized carbons (Fsp3) is 0.263. The molecule has 6 nitrogen and oxygen atoms in total. The number of benzene rings is 2. The van der Waals surface area contributed by atoms with Crippen LogP contribution in [0, 0.1) is 0 Å². The minimum Gasteiger partial charge on any atom is -0.378 e. The molecular weight excluding hydrogens is 316 g/mol. The predicted molar refractivity (Wildman–Crippen MR) is 104 cm³/mol. The Balaban J connectivity index is 1.70. The molecule has 0 fully saturated rings. The second-order valence-electron chi connectivity index (χ2n) is 5.82. The van der Waals surface area contributed by atoms with Gasteiger partial charge in [0.05, 0.1) is 12.4 Å². The van der Waals surface area contributed by atoms with Gasteiger partial charge in [0.1, 0.15) is 0 Å². The van der Waals surface area contributed by atoms with E-state index in [1.165, 1.54) is 0 Å². The molecule has 6 heteroatoms. The largest absolute Gasteiger partial charge is 0.378 e. The van der Waals surface area contributed by atoms with E-state index in [-0.39, 0.29) is 6.79 Å². The Hall–Kier alpha value is -3.02. The molecule has 25 heavy (non-hydrogen) atoms. The Morgan fingerprint density at radius 3 is 1.36 bits per heavy atom. The molecule has 0 heterocycles. The maximum absolute atomic E-state index is 5.02. The van der Waals surface area contributed by atoms with Gasteiger partial charge in [-0.15, -0.1) is 0 Å². The highest BCUT2D eigenvalue weighted by molar-refractivity contribution is 5.80. The first-order chi connectivity index (χ1) is 12.1. The summed E-state index contributed by atoms with van der Waals surface area (Å²) < 4.78 is 0. The number of hydrogen-bond donors (Lipinski definition) is 0. The molecule has 2 aromatic carbocycles. The molecule has 0 aliphatic rings. The molecule has 2 rings (SSSR count). The Bertz CT molecular complexity index is 631. The number of rotatable bonds is 8. The molecule has 0 amide bonds. The molecule has 0 saturated heterocycles. The zero-order valence-corrected chi connectivity index (χ0v) is 15.1. The SMILES string of the molecule is CN(C)c1ccc(/C=N/OCO/N=C/c2ccc(N(C)C)cc2)cc1. The lowest BCUT2D eigenvalue weighted by Crippen LogP contribution is -2.08. The lowest BCUT2D eigenvalue weighted by Gasteiger charge is -2.11. The third-order valence-electron chi connectivity index (χ3n) is 3.48. The minimum atomic E-state index is -0.0431. The summed E-state index contributed by atoms with van der Waals surface area (Å²) in [5.74, 6) is 0. The summed E-state index contributed by atoms with van der Waals surface area (Å²) in [7, 11) is 8.00. The van der Waals surface area contributed by atoms with Crippen molar-refractivity contribution in [3.8, 4) is 0 Å². The fourth-order valence-electron chi connectivity index (χ4n) is 2.00. The van der Waals surface area contributed by atoms with Crippen molar-refractivity contribution in [1.82, 2.24) is 0 Å². The van der Waals surface area contributed by atoms with Gasteiger partial charge in [-0.1, -0.05) is 34.6 Å². The van der Waals surface area contributed by atoms with Crippen LogP contribution < -0.4 is 9.80 Å². The quantitative estimate of drug-likeness (QED) is 0.320. The van der Waals surface area contributed by atoms with Crippen LogP contribution in [0.25, 0.3) is 0 Å². The van der Waals surface area contributed by atoms with Crippen molar-refractivity contribution in [3.05, 3.63) is 59.7 Å². The number of nitrogens with zero attached hydrogens (tertiary/aromatic N) is 4. The molecule has 0 spiro atoms. The van der Waals surface area contributed by atoms with Gasteiger partial charge >= 0.3 is 0 Å². The summed E-state index contributed by atoms with van der Waals surface area (Å²) in [4.78, 5) is 14.1. The first kappa shape index (κ1) is 18.3. The van der Waals surface area contributed by atoms with Crippen LogP contribution >= 0.6 is 0 Å². The van der Waals surface area contributed by atoms with E-state index in [2.05, 4.69) is 10.3 Å². The monoisotopic (exact) mass is 340 g/mol. The fourth-order valence-corrected chi connectivity index (χ4v) is 2.00. The maximum atomic E-state index is 5.02. The van der Waals surface area contributed by atoms with E-state index in [0.29, 0.717) is 0 Å². The smallest absolute Gasteiger partial charge is 0.280 e. The first-order valence-electron chi connectivity index (χ1n) is 7.92. The third kappa shape index (κ3) is 6.18. The van der Waals surface area contributed by atoms with E-state index in [0.717, 1.165) is 22.5 Å². The van der Waals surface area contributed by atoms with Crippen LogP contribution in [0.5, 0.6) is 0 Å². The van der Waals surface area contributed by atoms with Gasteiger partial charge < -0.3 is 19.5 Å². The molecule has 0 saturated carbocycles. The van der Waals surface area contributed by atoms with E-state index in [9.17, 15) is 0 Å². The van der Waals surface area contributed by atoms with Crippen LogP contribution in [0.1, 0.15) is 11.1 Å². The summed E-state index contributed by atoms with van der Waals surface area (Å²) in [6, 6.07) is 16.0. The van der Waals surface area contributed by atoms with Gasteiger partial charge in [0.25, 0.3) is 6.79 Å². The summed E-state index contributed by atoms with van der Waals surface area (Å²) in [6.45, 7) is -0.0431. The lowest BCUT2D eigenvalue weighted by atomic mass is 10.2. The van der Waals surface area contributed by atoms with Crippen molar-refractivity contribution >= 4 is 23.8 Å². The Morgan fingerprint density at radius 1 is 0.680 bits per heavy atom. The Kier molecular flexibility index (Phi) is 6.83. The maximum Gasteiger partial charge on any atom is 0.280 e. The highest BCUT2D eigenvalue weighted by Gasteiger charge is 1.95. The molecule has 0 radical (unpaired) electrons. The highest BCUT2D eigenvalue weighted by atomic mass is 16.8. The van der Waals surface area contributed by atoms with Gasteiger partial charge in [0.15, 0.2) is 0 Å². The normalized spacial score (nSPS) is 11.0. The molecule has 0 bridgehead atoms. The van der Waals surface area contributed by atoms with Crippen LogP contribution in [0.3, 0.4) is 0 Å². The predicted octanol–water partition coefficient (Wildman–Crippen LogP) is 3.18. The van der Waals surface area contributed by atoms with Gasteiger partial charge in [-0.3, -0.25) is 0 Å². The van der Waals surface area contributed by atoms with Crippen LogP contribution in [-0.2, 0) is 9.68 Å². The highest BCUT2D eigenvalue weighted by Crippen LogP contribution is 2.11. The molecule has 0 aromatic heterocycles. The summed E-state index contributed by atoms with van der Waals surface area (Å²) >= 11 is 0. The second-order valence-corrected chi connectivity index (χ2v) is 5.82. The minimum absolute atomic E-state index is 0.0431. The van der Waals surface area contributed by atoms with Crippen LogP contribution in [0.4, 0.5) is 11.4 Å². The summed E-state index contributed by atoms with van der Waals surface area (Å²) in [6.07, 6.45) is 3.26. The zero-order valence-electron chi connectivity index (χ0n) is 15.1. The lowest BCUT2D eigenvalue weighted by molar-refractivity contribution is -0.0493. The van der Waals surface area contributed by atoms with Crippen LogP contribution in [-0.4, -0.2) is 47.4 Å². The van der Waals surface area contributed by atoms with Crippen molar-refractivity contribution in [3.63, 3.8) is 0 Å². The molecule has 0 unspecified atom stereocenters. The standard InChI is InChI=1S/C19H24N4O2/c1-22(2)18-9-5-16(6-10-18)13-20-24-15-25-21-14-17-7-11-19(12-8-17)23(3)4/h5-14H,15H2,1-4H3/b20-13+,21-14+. The Labute approximate surface area is 148 Å². The molecule has 0 aliphatic carbocycles. The van der Waals surface area contributed by atoms with Gasteiger partial charge in [-0.25, -0.2) is 0 Å². The molecule has 132 valence electrons. The van der Waals surface area contributed by atoms with Gasteiger partial charge in [0.2, 0.25) is 0 Å². The van der Waals surface area contributed by atoms with Crippen molar-refractivity contribution in [2.75, 3.05) is 44.8 Å². The molecule has 0 aliphatic heterocycles. The third-order valence-corrected chi connectivity index (χ3v) is 3.48. The van der Waals surface area contributed by atoms with Crippen molar-refractivity contribution in [1.29, 1.82) is 0 Å². The van der Waals surface area contributed by atoms with Crippen LogP contribution in [0.2, 0.25) is 0 Å². The van der Waals surface area contributed by atoms with Gasteiger partial charge in [-0.05, 0) is 35.4 Å². The van der Waals surface area contributed by atoms with Crippen molar-refractivity contribution < 1.29 is 9.68 Å². The molecule has 0 atom stereocenters. The molecule has 2 aromatic rings. The first-order valence-corrected chi connectivity index (χ1v) is 7.92. The molecular formula is C19H24N4O2. The van der Waals surface area contributed by atoms with E-state index in [1.54, 1.807) is 12.4 Å². The average Bonchev–Trinajstić information content (AvgIpc) is 2.61. The molecule has 0 N–H and O–H groups in total. The van der Waals surface area contributed by atoms with Gasteiger partial charge in [0, 0.05) is 39.6 Å². The number of anilines is 2.